The molecule has 11 heteroatoms. The number of sulfonamides is 1. The number of anilines is 1. The van der Waals surface area contributed by atoms with Crippen LogP contribution in [0.25, 0.3) is 0 Å². The fourth-order valence-electron chi connectivity index (χ4n) is 4.05. The number of hydrogen-bond donors (Lipinski definition) is 2. The number of methoxy groups -OCH3 is 1. The Morgan fingerprint density at radius 2 is 1.61 bits per heavy atom. The van der Waals surface area contributed by atoms with Crippen LogP contribution in [0.2, 0.25) is 0 Å². The Labute approximate surface area is 213 Å². The summed E-state index contributed by atoms with van der Waals surface area (Å²) in [5.74, 6) is -0.895. The Morgan fingerprint density at radius 3 is 2.25 bits per heavy atom. The number of nitrogens with one attached hydrogen (secondary N) is 2. The molecule has 3 aromatic rings. The van der Waals surface area contributed by atoms with Gasteiger partial charge in [-0.15, -0.1) is 11.3 Å². The Hall–Kier alpha value is -3.54. The highest BCUT2D eigenvalue weighted by Gasteiger charge is 2.30. The zero-order chi connectivity index (χ0) is 25.7. The lowest BCUT2D eigenvalue weighted by molar-refractivity contribution is 0.0938. The molecule has 0 saturated carbocycles. The summed E-state index contributed by atoms with van der Waals surface area (Å²) in [6, 6.07) is 17.2. The van der Waals surface area contributed by atoms with Crippen molar-refractivity contribution in [2.75, 3.05) is 25.5 Å². The number of nitrogens with zero attached hydrogens (tertiary/aromatic N) is 1. The summed E-state index contributed by atoms with van der Waals surface area (Å²) in [4.78, 5) is 36.3. The van der Waals surface area contributed by atoms with Crippen LogP contribution >= 0.6 is 11.3 Å². The quantitative estimate of drug-likeness (QED) is 0.499. The molecule has 1 aliphatic heterocycles. The average Bonchev–Trinajstić information content (AvgIpc) is 3.37. The summed E-state index contributed by atoms with van der Waals surface area (Å²) in [6.07, 6.45) is 0.580. The smallest absolute Gasteiger partial charge is 0.413 e. The predicted molar refractivity (Wildman–Crippen MR) is 136 cm³/mol. The van der Waals surface area contributed by atoms with Crippen molar-refractivity contribution in [2.45, 2.75) is 23.7 Å². The highest BCUT2D eigenvalue weighted by atomic mass is 32.2. The van der Waals surface area contributed by atoms with E-state index in [9.17, 15) is 22.8 Å². The molecule has 1 aliphatic rings. The van der Waals surface area contributed by atoms with E-state index in [1.165, 1.54) is 40.2 Å². The molecule has 188 valence electrons. The van der Waals surface area contributed by atoms with Crippen LogP contribution in [0.4, 0.5) is 9.80 Å². The molecule has 0 unspecified atom stereocenters. The number of hydrogen-bond acceptors (Lipinski definition) is 7. The molecule has 0 atom stereocenters. The maximum absolute atomic E-state index is 13.1. The van der Waals surface area contributed by atoms with Crippen molar-refractivity contribution in [3.05, 3.63) is 82.7 Å². The van der Waals surface area contributed by atoms with Crippen molar-refractivity contribution < 1.29 is 27.5 Å². The normalized spacial score (nSPS) is 14.7. The Kier molecular flexibility index (Phi) is 7.82. The molecule has 4 rings (SSSR count). The number of carbonyl (C=O) groups excluding carboxylic acids is 3. The van der Waals surface area contributed by atoms with Crippen LogP contribution in [0.5, 0.6) is 0 Å². The van der Waals surface area contributed by atoms with Crippen molar-refractivity contribution in [3.8, 4) is 0 Å². The van der Waals surface area contributed by atoms with Gasteiger partial charge in [-0.05, 0) is 60.0 Å². The van der Waals surface area contributed by atoms with Crippen LogP contribution in [0.3, 0.4) is 0 Å². The van der Waals surface area contributed by atoms with Gasteiger partial charge in [0.25, 0.3) is 11.8 Å². The van der Waals surface area contributed by atoms with Gasteiger partial charge in [-0.1, -0.05) is 30.3 Å². The lowest BCUT2D eigenvalue weighted by Crippen LogP contribution is -2.37. The average molecular weight is 528 g/mol. The summed E-state index contributed by atoms with van der Waals surface area (Å²) in [6.45, 7) is 0.859. The minimum Gasteiger partial charge on any atom is -0.453 e. The third kappa shape index (κ3) is 5.64. The summed E-state index contributed by atoms with van der Waals surface area (Å²) < 4.78 is 32.2. The molecule has 36 heavy (non-hydrogen) atoms. The maximum atomic E-state index is 13.1. The molecule has 9 nitrogen and oxygen atoms in total. The van der Waals surface area contributed by atoms with Crippen molar-refractivity contribution in [3.63, 3.8) is 0 Å². The highest BCUT2D eigenvalue weighted by Crippen LogP contribution is 2.31. The number of amides is 3. The van der Waals surface area contributed by atoms with Crippen molar-refractivity contribution in [1.29, 1.82) is 0 Å². The van der Waals surface area contributed by atoms with Gasteiger partial charge in [-0.2, -0.15) is 4.31 Å². The zero-order valence-electron chi connectivity index (χ0n) is 19.5. The highest BCUT2D eigenvalue weighted by molar-refractivity contribution is 7.89. The molecule has 1 aromatic heterocycles. The van der Waals surface area contributed by atoms with E-state index in [0.29, 0.717) is 19.0 Å². The minimum atomic E-state index is -3.69. The maximum Gasteiger partial charge on any atom is 0.413 e. The Morgan fingerprint density at radius 1 is 0.944 bits per heavy atom. The molecule has 0 radical (unpaired) electrons. The number of carbonyl (C=O) groups is 3. The number of alkyl carbamates (subject to hydrolysis) is 1. The lowest BCUT2D eigenvalue weighted by Gasteiger charge is -2.31. The van der Waals surface area contributed by atoms with Gasteiger partial charge in [0.05, 0.1) is 17.6 Å². The van der Waals surface area contributed by atoms with Crippen LogP contribution in [-0.2, 0) is 14.8 Å². The molecule has 2 heterocycles. The molecule has 0 aliphatic carbocycles. The Balaban J connectivity index is 1.40. The monoisotopic (exact) mass is 527 g/mol. The molecule has 1 fully saturated rings. The zero-order valence-corrected chi connectivity index (χ0v) is 21.1. The number of benzene rings is 2. The summed E-state index contributed by atoms with van der Waals surface area (Å²) in [7, 11) is -2.55. The first kappa shape index (κ1) is 25.5. The van der Waals surface area contributed by atoms with Crippen LogP contribution in [0.15, 0.2) is 70.9 Å². The summed E-state index contributed by atoms with van der Waals surface area (Å²) >= 11 is 1.11. The van der Waals surface area contributed by atoms with Gasteiger partial charge in [0.1, 0.15) is 5.00 Å². The summed E-state index contributed by atoms with van der Waals surface area (Å²) in [5, 5.41) is 6.51. The van der Waals surface area contributed by atoms with E-state index >= 15 is 0 Å². The number of ether oxygens (including phenoxy) is 1. The van der Waals surface area contributed by atoms with Crippen LogP contribution in [-0.4, -0.2) is 50.8 Å². The number of piperidine rings is 1. The number of imide groups is 1. The van der Waals surface area contributed by atoms with Crippen molar-refractivity contribution in [2.24, 2.45) is 0 Å². The van der Waals surface area contributed by atoms with Gasteiger partial charge in [-0.25, -0.2) is 13.2 Å². The van der Waals surface area contributed by atoms with E-state index in [2.05, 4.69) is 22.2 Å². The van der Waals surface area contributed by atoms with Gasteiger partial charge in [0.2, 0.25) is 10.0 Å². The van der Waals surface area contributed by atoms with Gasteiger partial charge < -0.3 is 10.1 Å². The first-order valence-electron chi connectivity index (χ1n) is 11.2. The van der Waals surface area contributed by atoms with Crippen LogP contribution in [0.1, 0.15) is 45.0 Å². The molecule has 2 aromatic carbocycles. The van der Waals surface area contributed by atoms with Crippen LogP contribution < -0.4 is 10.6 Å². The molecule has 1 saturated heterocycles. The molecular weight excluding hydrogens is 502 g/mol. The molecule has 2 N–H and O–H groups in total. The molecule has 3 amide bonds. The predicted octanol–water partition coefficient (Wildman–Crippen LogP) is 4.06. The minimum absolute atomic E-state index is 0.108. The summed E-state index contributed by atoms with van der Waals surface area (Å²) in [5.41, 5.74) is 1.56. The third-order valence-electron chi connectivity index (χ3n) is 6.02. The second-order valence-corrected chi connectivity index (χ2v) is 11.0. The fraction of sp³-hybridized carbons (Fsp3) is 0.240. The van der Waals surface area contributed by atoms with E-state index in [1.54, 1.807) is 5.38 Å². The second kappa shape index (κ2) is 11.0. The van der Waals surface area contributed by atoms with Gasteiger partial charge in [0.15, 0.2) is 0 Å². The number of thiophene rings is 1. The molecular formula is C25H25N3O6S2. The van der Waals surface area contributed by atoms with E-state index in [1.807, 2.05) is 23.5 Å². The fourth-order valence-corrected chi connectivity index (χ4v) is 6.30. The van der Waals surface area contributed by atoms with E-state index < -0.39 is 27.9 Å². The number of rotatable bonds is 6. The van der Waals surface area contributed by atoms with E-state index in [4.69, 9.17) is 0 Å². The first-order valence-corrected chi connectivity index (χ1v) is 13.5. The van der Waals surface area contributed by atoms with E-state index in [0.717, 1.165) is 31.3 Å². The van der Waals surface area contributed by atoms with Gasteiger partial charge in [-0.3, -0.25) is 14.9 Å². The van der Waals surface area contributed by atoms with E-state index in [-0.39, 0.29) is 21.0 Å². The largest absolute Gasteiger partial charge is 0.453 e. The van der Waals surface area contributed by atoms with Gasteiger partial charge >= 0.3 is 6.09 Å². The lowest BCUT2D eigenvalue weighted by atomic mass is 9.90. The second-order valence-electron chi connectivity index (χ2n) is 8.18. The Bertz CT molecular complexity index is 1350. The van der Waals surface area contributed by atoms with Crippen molar-refractivity contribution in [1.82, 2.24) is 9.62 Å². The van der Waals surface area contributed by atoms with Crippen LogP contribution in [0, 0.1) is 0 Å². The van der Waals surface area contributed by atoms with Gasteiger partial charge in [0, 0.05) is 18.7 Å². The first-order chi connectivity index (χ1) is 17.3. The third-order valence-corrected chi connectivity index (χ3v) is 8.76. The standard InChI is InChI=1S/C25H25N3O6S2/c1-34-25(31)27-23(30)21-13-16-35-24(21)26-22(29)19-7-9-20(10-8-19)36(32,33)28-14-11-18(12-15-28)17-5-3-2-4-6-17/h2-10,13,16,18H,11-12,14-15H2,1H3,(H,26,29)(H,27,30,31). The topological polar surface area (TPSA) is 122 Å². The molecule has 0 spiro atoms. The van der Waals surface area contributed by atoms with Crippen molar-refractivity contribution >= 4 is 44.3 Å². The SMILES string of the molecule is COC(=O)NC(=O)c1ccsc1NC(=O)c1ccc(S(=O)(=O)N2CCC(c3ccccc3)CC2)cc1. The molecule has 0 bridgehead atoms.